The molecule has 0 bridgehead atoms. The van der Waals surface area contributed by atoms with Gasteiger partial charge in [0.05, 0.1) is 0 Å². The lowest BCUT2D eigenvalue weighted by Gasteiger charge is -2.25. The van der Waals surface area contributed by atoms with Gasteiger partial charge in [-0.1, -0.05) is 24.3 Å². The summed E-state index contributed by atoms with van der Waals surface area (Å²) in [5.41, 5.74) is 0.118. The Morgan fingerprint density at radius 2 is 1.80 bits per heavy atom. The number of imide groups is 1. The zero-order chi connectivity index (χ0) is 20.7. The summed E-state index contributed by atoms with van der Waals surface area (Å²) >= 11 is 0. The number of hydrogen-bond acceptors (Lipinski definition) is 7. The summed E-state index contributed by atoms with van der Waals surface area (Å²) in [7, 11) is 0. The number of ether oxygens (including phenoxy) is 2. The summed E-state index contributed by atoms with van der Waals surface area (Å²) in [5.74, 6) is 1.24. The molecule has 1 N–H and O–H groups in total. The summed E-state index contributed by atoms with van der Waals surface area (Å²) in [5, 5.41) is 10.7. The topological polar surface area (TPSA) is 107 Å². The third kappa shape index (κ3) is 2.95. The van der Waals surface area contributed by atoms with Crippen LogP contribution in [0, 0.1) is 0 Å². The number of carbonyl (C=O) groups is 2. The van der Waals surface area contributed by atoms with Crippen LogP contribution in [0.25, 0.3) is 11.5 Å². The lowest BCUT2D eigenvalue weighted by molar-refractivity contribution is -0.131. The number of fused-ring (bicyclic) bond motifs is 1. The summed E-state index contributed by atoms with van der Waals surface area (Å²) in [6.45, 7) is 2.44. The number of carbonyl (C=O) groups excluding carboxylic acids is 2. The molecule has 3 aromatic rings. The minimum atomic E-state index is -1.24. The van der Waals surface area contributed by atoms with E-state index in [9.17, 15) is 9.59 Å². The fourth-order valence-corrected chi connectivity index (χ4v) is 3.54. The number of aromatic nitrogens is 2. The molecule has 0 unspecified atom stereocenters. The van der Waals surface area contributed by atoms with Gasteiger partial charge in [0.25, 0.3) is 5.91 Å². The molecule has 0 spiro atoms. The SMILES string of the molecule is C[C@]1(c2ccc3c(c2)OCCO3)NC(=O)N(Cc2nnc(-c3ccccc3)o2)C1=O. The van der Waals surface area contributed by atoms with Crippen molar-refractivity contribution in [1.29, 1.82) is 0 Å². The van der Waals surface area contributed by atoms with Gasteiger partial charge in [0.15, 0.2) is 11.5 Å². The second kappa shape index (κ2) is 6.87. The smallest absolute Gasteiger partial charge is 0.325 e. The molecule has 1 fully saturated rings. The summed E-state index contributed by atoms with van der Waals surface area (Å²) < 4.78 is 16.8. The summed E-state index contributed by atoms with van der Waals surface area (Å²) in [6, 6.07) is 13.9. The highest BCUT2D eigenvalue weighted by atomic mass is 16.6. The van der Waals surface area contributed by atoms with E-state index in [-0.39, 0.29) is 12.4 Å². The normalized spacial score (nSPS) is 20.4. The predicted octanol–water partition coefficient (Wildman–Crippen LogP) is 2.47. The van der Waals surface area contributed by atoms with Crippen LogP contribution in [-0.2, 0) is 16.9 Å². The molecule has 2 aliphatic heterocycles. The van der Waals surface area contributed by atoms with Crippen LogP contribution in [-0.4, -0.2) is 40.2 Å². The maximum atomic E-state index is 13.2. The van der Waals surface area contributed by atoms with E-state index in [1.54, 1.807) is 25.1 Å². The van der Waals surface area contributed by atoms with E-state index in [1.807, 2.05) is 30.3 Å². The van der Waals surface area contributed by atoms with Crippen molar-refractivity contribution in [2.75, 3.05) is 13.2 Å². The number of hydrogen-bond donors (Lipinski definition) is 1. The summed E-state index contributed by atoms with van der Waals surface area (Å²) in [4.78, 5) is 26.8. The Labute approximate surface area is 171 Å². The van der Waals surface area contributed by atoms with E-state index in [2.05, 4.69) is 15.5 Å². The second-order valence-electron chi connectivity index (χ2n) is 7.17. The van der Waals surface area contributed by atoms with Crippen LogP contribution < -0.4 is 14.8 Å². The van der Waals surface area contributed by atoms with E-state index in [0.29, 0.717) is 36.2 Å². The molecule has 3 amide bonds. The Bertz CT molecular complexity index is 1130. The van der Waals surface area contributed by atoms with Gasteiger partial charge in [-0.2, -0.15) is 0 Å². The van der Waals surface area contributed by atoms with Crippen LogP contribution in [0.2, 0.25) is 0 Å². The number of nitrogens with one attached hydrogen (secondary N) is 1. The monoisotopic (exact) mass is 406 g/mol. The minimum absolute atomic E-state index is 0.120. The number of amides is 3. The molecule has 0 radical (unpaired) electrons. The van der Waals surface area contributed by atoms with Crippen molar-refractivity contribution < 1.29 is 23.5 Å². The Balaban J connectivity index is 1.39. The highest BCUT2D eigenvalue weighted by molar-refractivity contribution is 6.07. The molecule has 9 nitrogen and oxygen atoms in total. The zero-order valence-corrected chi connectivity index (χ0v) is 16.1. The molecule has 0 saturated carbocycles. The highest BCUT2D eigenvalue weighted by Gasteiger charge is 2.49. The average Bonchev–Trinajstić information content (AvgIpc) is 3.33. The van der Waals surface area contributed by atoms with Gasteiger partial charge in [0.1, 0.15) is 25.3 Å². The molecule has 5 rings (SSSR count). The number of nitrogens with zero attached hydrogens (tertiary/aromatic N) is 3. The Hall–Kier alpha value is -3.88. The van der Waals surface area contributed by atoms with Gasteiger partial charge in [-0.15, -0.1) is 10.2 Å². The molecule has 2 aliphatic rings. The van der Waals surface area contributed by atoms with Gasteiger partial charge in [0, 0.05) is 5.56 Å². The largest absolute Gasteiger partial charge is 0.486 e. The molecule has 2 aromatic carbocycles. The third-order valence-corrected chi connectivity index (χ3v) is 5.18. The first-order valence-corrected chi connectivity index (χ1v) is 9.47. The van der Waals surface area contributed by atoms with E-state index < -0.39 is 17.5 Å². The first kappa shape index (κ1) is 18.2. The van der Waals surface area contributed by atoms with Crippen molar-refractivity contribution >= 4 is 11.9 Å². The molecule has 1 aromatic heterocycles. The van der Waals surface area contributed by atoms with Crippen molar-refractivity contribution in [3.63, 3.8) is 0 Å². The van der Waals surface area contributed by atoms with Crippen molar-refractivity contribution in [3.8, 4) is 23.0 Å². The van der Waals surface area contributed by atoms with Crippen LogP contribution in [0.3, 0.4) is 0 Å². The molecule has 9 heteroatoms. The number of benzene rings is 2. The molecule has 30 heavy (non-hydrogen) atoms. The quantitative estimate of drug-likeness (QED) is 0.663. The molecule has 0 aliphatic carbocycles. The molecule has 1 saturated heterocycles. The Morgan fingerprint density at radius 1 is 1.03 bits per heavy atom. The van der Waals surface area contributed by atoms with Crippen LogP contribution >= 0.6 is 0 Å². The molecule has 1 atom stereocenters. The first-order chi connectivity index (χ1) is 14.5. The van der Waals surface area contributed by atoms with Gasteiger partial charge in [0.2, 0.25) is 11.8 Å². The van der Waals surface area contributed by atoms with E-state index in [1.165, 1.54) is 0 Å². The maximum Gasteiger partial charge on any atom is 0.325 e. The fraction of sp³-hybridized carbons (Fsp3) is 0.238. The lowest BCUT2D eigenvalue weighted by Crippen LogP contribution is -2.41. The van der Waals surface area contributed by atoms with Crippen molar-refractivity contribution in [1.82, 2.24) is 20.4 Å². The van der Waals surface area contributed by atoms with Crippen LogP contribution in [0.4, 0.5) is 4.79 Å². The first-order valence-electron chi connectivity index (χ1n) is 9.47. The van der Waals surface area contributed by atoms with E-state index in [0.717, 1.165) is 10.5 Å². The van der Waals surface area contributed by atoms with E-state index in [4.69, 9.17) is 13.9 Å². The van der Waals surface area contributed by atoms with Gasteiger partial charge in [-0.05, 0) is 36.8 Å². The lowest BCUT2D eigenvalue weighted by atomic mass is 9.91. The molecule has 152 valence electrons. The van der Waals surface area contributed by atoms with Crippen LogP contribution in [0.1, 0.15) is 18.4 Å². The van der Waals surface area contributed by atoms with Gasteiger partial charge >= 0.3 is 6.03 Å². The predicted molar refractivity (Wildman–Crippen MR) is 104 cm³/mol. The van der Waals surface area contributed by atoms with E-state index >= 15 is 0 Å². The van der Waals surface area contributed by atoms with Crippen LogP contribution in [0.15, 0.2) is 52.9 Å². The summed E-state index contributed by atoms with van der Waals surface area (Å²) in [6.07, 6.45) is 0. The van der Waals surface area contributed by atoms with Crippen molar-refractivity contribution in [3.05, 3.63) is 60.0 Å². The van der Waals surface area contributed by atoms with Gasteiger partial charge in [-0.3, -0.25) is 9.69 Å². The second-order valence-corrected chi connectivity index (χ2v) is 7.17. The van der Waals surface area contributed by atoms with Crippen LogP contribution in [0.5, 0.6) is 11.5 Å². The molecule has 3 heterocycles. The molecular formula is C21H18N4O5. The average molecular weight is 406 g/mol. The standard InChI is InChI=1S/C21H18N4O5/c1-21(14-7-8-15-16(11-14)29-10-9-28-15)19(26)25(20(27)22-21)12-17-23-24-18(30-17)13-5-3-2-4-6-13/h2-8,11H,9-10,12H2,1H3,(H,22,27)/t21-/m1/s1. The molecular weight excluding hydrogens is 388 g/mol. The Kier molecular flexibility index (Phi) is 4.16. The van der Waals surface area contributed by atoms with Crippen molar-refractivity contribution in [2.45, 2.75) is 19.0 Å². The van der Waals surface area contributed by atoms with Gasteiger partial charge < -0.3 is 19.2 Å². The fourth-order valence-electron chi connectivity index (χ4n) is 3.54. The Morgan fingerprint density at radius 3 is 2.60 bits per heavy atom. The number of rotatable bonds is 4. The zero-order valence-electron chi connectivity index (χ0n) is 16.1. The number of urea groups is 1. The third-order valence-electron chi connectivity index (χ3n) is 5.18. The van der Waals surface area contributed by atoms with Gasteiger partial charge in [-0.25, -0.2) is 4.79 Å². The maximum absolute atomic E-state index is 13.2. The van der Waals surface area contributed by atoms with Crippen molar-refractivity contribution in [2.24, 2.45) is 0 Å². The minimum Gasteiger partial charge on any atom is -0.486 e. The highest BCUT2D eigenvalue weighted by Crippen LogP contribution is 2.37.